The summed E-state index contributed by atoms with van der Waals surface area (Å²) in [6.45, 7) is 7.55. The predicted octanol–water partition coefficient (Wildman–Crippen LogP) is 2.67. The molecule has 0 radical (unpaired) electrons. The molecule has 1 N–H and O–H groups in total. The molecule has 0 saturated heterocycles. The van der Waals surface area contributed by atoms with Crippen molar-refractivity contribution in [3.63, 3.8) is 0 Å². The van der Waals surface area contributed by atoms with Gasteiger partial charge >= 0.3 is 0 Å². The summed E-state index contributed by atoms with van der Waals surface area (Å²) in [7, 11) is 0. The topological polar surface area (TPSA) is 30.5 Å². The van der Waals surface area contributed by atoms with Crippen molar-refractivity contribution < 1.29 is 13.9 Å². The van der Waals surface area contributed by atoms with E-state index >= 15 is 0 Å². The van der Waals surface area contributed by atoms with Crippen molar-refractivity contribution in [2.75, 3.05) is 13.2 Å². The predicted molar refractivity (Wildman–Crippen MR) is 73.0 cm³/mol. The minimum absolute atomic E-state index is 0.00417. The van der Waals surface area contributed by atoms with E-state index in [1.54, 1.807) is 6.07 Å². The summed E-state index contributed by atoms with van der Waals surface area (Å²) < 4.78 is 24.9. The Bertz CT molecular complexity index is 425. The van der Waals surface area contributed by atoms with Crippen molar-refractivity contribution in [3.8, 4) is 5.75 Å². The fourth-order valence-corrected chi connectivity index (χ4v) is 2.44. The van der Waals surface area contributed by atoms with E-state index in [1.165, 1.54) is 12.1 Å². The minimum Gasteiger partial charge on any atom is -0.487 e. The molecule has 0 heterocycles. The molecule has 3 unspecified atom stereocenters. The lowest BCUT2D eigenvalue weighted by Crippen LogP contribution is -2.61. The molecule has 0 aromatic heterocycles. The maximum Gasteiger partial charge on any atom is 0.128 e. The zero-order chi connectivity index (χ0) is 13.8. The van der Waals surface area contributed by atoms with E-state index in [9.17, 15) is 4.39 Å². The van der Waals surface area contributed by atoms with Crippen LogP contribution >= 0.6 is 0 Å². The van der Waals surface area contributed by atoms with E-state index in [4.69, 9.17) is 9.47 Å². The van der Waals surface area contributed by atoms with E-state index in [2.05, 4.69) is 12.2 Å². The molecule has 0 spiro atoms. The van der Waals surface area contributed by atoms with Crippen LogP contribution in [0, 0.1) is 12.7 Å². The Balaban J connectivity index is 2.00. The first-order valence-electron chi connectivity index (χ1n) is 6.93. The molecule has 1 aromatic carbocycles. The van der Waals surface area contributed by atoms with Crippen LogP contribution in [0.4, 0.5) is 4.39 Å². The summed E-state index contributed by atoms with van der Waals surface area (Å²) in [5.41, 5.74) is 0.948. The lowest BCUT2D eigenvalue weighted by molar-refractivity contribution is -0.104. The minimum atomic E-state index is -0.267. The van der Waals surface area contributed by atoms with Crippen LogP contribution in [0.2, 0.25) is 0 Å². The van der Waals surface area contributed by atoms with Gasteiger partial charge in [-0.15, -0.1) is 0 Å². The van der Waals surface area contributed by atoms with Crippen molar-refractivity contribution in [2.24, 2.45) is 0 Å². The van der Waals surface area contributed by atoms with Crippen molar-refractivity contribution >= 4 is 0 Å². The highest BCUT2D eigenvalue weighted by molar-refractivity contribution is 5.33. The lowest BCUT2D eigenvalue weighted by Gasteiger charge is -2.44. The quantitative estimate of drug-likeness (QED) is 0.859. The van der Waals surface area contributed by atoms with Gasteiger partial charge in [0.05, 0.1) is 0 Å². The Morgan fingerprint density at radius 1 is 1.37 bits per heavy atom. The molecule has 1 aliphatic carbocycles. The van der Waals surface area contributed by atoms with E-state index in [0.29, 0.717) is 18.4 Å². The summed E-state index contributed by atoms with van der Waals surface area (Å²) in [4.78, 5) is 0. The average Bonchev–Trinajstić information content (AvgIpc) is 2.38. The standard InChI is InChI=1S/C15H22FNO2/c1-4-17-12-9-14(15(12)18-5-2)19-13-8-11(16)7-6-10(13)3/h6-8,12,14-15,17H,4-5,9H2,1-3H3. The molecule has 1 fully saturated rings. The number of hydrogen-bond acceptors (Lipinski definition) is 3. The summed E-state index contributed by atoms with van der Waals surface area (Å²) in [5.74, 6) is 0.348. The average molecular weight is 267 g/mol. The largest absolute Gasteiger partial charge is 0.487 e. The molecule has 0 bridgehead atoms. The van der Waals surface area contributed by atoms with Gasteiger partial charge in [0, 0.05) is 25.1 Å². The van der Waals surface area contributed by atoms with Crippen LogP contribution in [0.1, 0.15) is 25.8 Å². The third kappa shape index (κ3) is 3.25. The number of benzene rings is 1. The summed E-state index contributed by atoms with van der Waals surface area (Å²) in [5, 5.41) is 3.38. The molecule has 3 atom stereocenters. The van der Waals surface area contributed by atoms with Crippen LogP contribution < -0.4 is 10.1 Å². The first kappa shape index (κ1) is 14.3. The summed E-state index contributed by atoms with van der Waals surface area (Å²) >= 11 is 0. The number of aryl methyl sites for hydroxylation is 1. The number of ether oxygens (including phenoxy) is 2. The van der Waals surface area contributed by atoms with Gasteiger partial charge in [-0.1, -0.05) is 13.0 Å². The molecule has 19 heavy (non-hydrogen) atoms. The van der Waals surface area contributed by atoms with Gasteiger partial charge in [-0.3, -0.25) is 0 Å². The zero-order valence-corrected chi connectivity index (χ0v) is 11.8. The number of rotatable bonds is 6. The van der Waals surface area contributed by atoms with Crippen molar-refractivity contribution in [1.82, 2.24) is 5.32 Å². The summed E-state index contributed by atoms with van der Waals surface area (Å²) in [6, 6.07) is 4.97. The fourth-order valence-electron chi connectivity index (χ4n) is 2.44. The smallest absolute Gasteiger partial charge is 0.128 e. The van der Waals surface area contributed by atoms with Crippen LogP contribution in [0.3, 0.4) is 0 Å². The summed E-state index contributed by atoms with van der Waals surface area (Å²) in [6.07, 6.45) is 0.950. The molecule has 2 rings (SSSR count). The molecule has 1 aromatic rings. The van der Waals surface area contributed by atoms with Gasteiger partial charge in [0.25, 0.3) is 0 Å². The number of hydrogen-bond donors (Lipinski definition) is 1. The Morgan fingerprint density at radius 3 is 2.84 bits per heavy atom. The molecule has 4 heteroatoms. The van der Waals surface area contributed by atoms with Crippen LogP contribution in [-0.4, -0.2) is 31.4 Å². The highest BCUT2D eigenvalue weighted by Crippen LogP contribution is 2.31. The molecule has 1 saturated carbocycles. The van der Waals surface area contributed by atoms with E-state index < -0.39 is 0 Å². The molecule has 3 nitrogen and oxygen atoms in total. The van der Waals surface area contributed by atoms with Gasteiger partial charge < -0.3 is 14.8 Å². The van der Waals surface area contributed by atoms with Gasteiger partial charge in [-0.2, -0.15) is 0 Å². The first-order chi connectivity index (χ1) is 9.15. The van der Waals surface area contributed by atoms with E-state index in [0.717, 1.165) is 18.5 Å². The number of likely N-dealkylation sites (N-methyl/N-ethyl adjacent to an activating group) is 1. The van der Waals surface area contributed by atoms with Crippen LogP contribution in [-0.2, 0) is 4.74 Å². The zero-order valence-electron chi connectivity index (χ0n) is 11.8. The van der Waals surface area contributed by atoms with Crippen molar-refractivity contribution in [1.29, 1.82) is 0 Å². The SMILES string of the molecule is CCNC1CC(Oc2cc(F)ccc2C)C1OCC. The molecular weight excluding hydrogens is 245 g/mol. The van der Waals surface area contributed by atoms with E-state index in [1.807, 2.05) is 13.8 Å². The highest BCUT2D eigenvalue weighted by atomic mass is 19.1. The third-order valence-corrected chi connectivity index (χ3v) is 3.50. The van der Waals surface area contributed by atoms with Gasteiger partial charge in [0.1, 0.15) is 23.8 Å². The van der Waals surface area contributed by atoms with Crippen LogP contribution in [0.15, 0.2) is 18.2 Å². The monoisotopic (exact) mass is 267 g/mol. The number of nitrogens with one attached hydrogen (secondary N) is 1. The lowest BCUT2D eigenvalue weighted by atomic mass is 9.85. The van der Waals surface area contributed by atoms with E-state index in [-0.39, 0.29) is 18.0 Å². The maximum atomic E-state index is 13.2. The molecule has 106 valence electrons. The van der Waals surface area contributed by atoms with Gasteiger partial charge in [0.2, 0.25) is 0 Å². The molecule has 0 amide bonds. The van der Waals surface area contributed by atoms with Crippen molar-refractivity contribution in [2.45, 2.75) is 45.4 Å². The third-order valence-electron chi connectivity index (χ3n) is 3.50. The van der Waals surface area contributed by atoms with Gasteiger partial charge in [-0.25, -0.2) is 4.39 Å². The van der Waals surface area contributed by atoms with Crippen molar-refractivity contribution in [3.05, 3.63) is 29.6 Å². The second-order valence-corrected chi connectivity index (χ2v) is 4.89. The highest BCUT2D eigenvalue weighted by Gasteiger charge is 2.43. The van der Waals surface area contributed by atoms with Gasteiger partial charge in [-0.05, 0) is 32.0 Å². The second-order valence-electron chi connectivity index (χ2n) is 4.89. The Morgan fingerprint density at radius 2 is 2.16 bits per heavy atom. The maximum absolute atomic E-state index is 13.2. The van der Waals surface area contributed by atoms with Crippen LogP contribution in [0.5, 0.6) is 5.75 Å². The molecular formula is C15H22FNO2. The normalized spacial score (nSPS) is 26.0. The number of halogens is 1. The first-order valence-corrected chi connectivity index (χ1v) is 6.93. The van der Waals surface area contributed by atoms with Gasteiger partial charge in [0.15, 0.2) is 0 Å². The molecule has 1 aliphatic rings. The molecule has 0 aliphatic heterocycles. The Kier molecular flexibility index (Phi) is 4.77. The van der Waals surface area contributed by atoms with Crippen LogP contribution in [0.25, 0.3) is 0 Å². The fraction of sp³-hybridized carbons (Fsp3) is 0.600. The Hall–Kier alpha value is -1.13. The second kappa shape index (κ2) is 6.35. The Labute approximate surface area is 114 Å².